The second-order valence-electron chi connectivity index (χ2n) is 4.85. The zero-order chi connectivity index (χ0) is 14.0. The first-order valence-corrected chi connectivity index (χ1v) is 6.19. The van der Waals surface area contributed by atoms with Gasteiger partial charge in [0.2, 0.25) is 0 Å². The topological polar surface area (TPSA) is 45.8 Å². The number of pyridine rings is 1. The normalized spacial score (nSPS) is 10.2. The summed E-state index contributed by atoms with van der Waals surface area (Å²) in [5, 5.41) is 9.10. The Kier molecular flexibility index (Phi) is 3.52. The van der Waals surface area contributed by atoms with E-state index in [9.17, 15) is 4.79 Å². The largest absolute Gasteiger partial charge is 0.310 e. The third-order valence-electron chi connectivity index (χ3n) is 3.34. The van der Waals surface area contributed by atoms with Crippen LogP contribution >= 0.6 is 0 Å². The van der Waals surface area contributed by atoms with E-state index in [1.807, 2.05) is 57.3 Å². The van der Waals surface area contributed by atoms with Crippen LogP contribution < -0.4 is 5.56 Å². The average molecular weight is 252 g/mol. The molecular formula is C16H16N2O. The Morgan fingerprint density at radius 2 is 2.00 bits per heavy atom. The molecule has 2 rings (SSSR count). The van der Waals surface area contributed by atoms with Crippen molar-refractivity contribution in [2.24, 2.45) is 0 Å². The first-order chi connectivity index (χ1) is 9.02. The molecular weight excluding hydrogens is 236 g/mol. The SMILES string of the molecule is Cc1cccc(Cn2cc(C)c(C)c(C#N)c2=O)c1. The lowest BCUT2D eigenvalue weighted by atomic mass is 10.1. The van der Waals surface area contributed by atoms with Gasteiger partial charge in [-0.2, -0.15) is 5.26 Å². The predicted molar refractivity (Wildman–Crippen MR) is 75.2 cm³/mol. The maximum atomic E-state index is 12.2. The summed E-state index contributed by atoms with van der Waals surface area (Å²) in [6.07, 6.45) is 1.82. The van der Waals surface area contributed by atoms with E-state index in [1.165, 1.54) is 0 Å². The molecule has 0 N–H and O–H groups in total. The van der Waals surface area contributed by atoms with Crippen LogP contribution in [-0.4, -0.2) is 4.57 Å². The molecule has 0 atom stereocenters. The Morgan fingerprint density at radius 1 is 1.26 bits per heavy atom. The first kappa shape index (κ1) is 13.1. The lowest BCUT2D eigenvalue weighted by molar-refractivity contribution is 0.747. The summed E-state index contributed by atoms with van der Waals surface area (Å²) in [5.74, 6) is 0. The minimum Gasteiger partial charge on any atom is -0.310 e. The van der Waals surface area contributed by atoms with Crippen molar-refractivity contribution in [3.05, 3.63) is 68.6 Å². The van der Waals surface area contributed by atoms with Gasteiger partial charge in [-0.15, -0.1) is 0 Å². The van der Waals surface area contributed by atoms with Crippen LogP contribution in [0.25, 0.3) is 0 Å². The molecule has 0 radical (unpaired) electrons. The minimum atomic E-state index is -0.216. The standard InChI is InChI=1S/C16H16N2O/c1-11-5-4-6-14(7-11)10-18-9-12(2)13(3)15(8-17)16(18)19/h4-7,9H,10H2,1-3H3. The molecule has 0 aliphatic heterocycles. The number of hydrogen-bond donors (Lipinski definition) is 0. The molecule has 3 heteroatoms. The fourth-order valence-corrected chi connectivity index (χ4v) is 2.15. The van der Waals surface area contributed by atoms with Gasteiger partial charge in [0, 0.05) is 6.20 Å². The molecule has 0 saturated heterocycles. The number of nitrogens with zero attached hydrogens (tertiary/aromatic N) is 2. The predicted octanol–water partition coefficient (Wildman–Crippen LogP) is 2.69. The Labute approximate surface area is 112 Å². The second kappa shape index (κ2) is 5.11. The zero-order valence-electron chi connectivity index (χ0n) is 11.4. The number of nitriles is 1. The van der Waals surface area contributed by atoms with Crippen molar-refractivity contribution in [1.29, 1.82) is 5.26 Å². The van der Waals surface area contributed by atoms with Crippen molar-refractivity contribution in [1.82, 2.24) is 4.57 Å². The van der Waals surface area contributed by atoms with Crippen molar-refractivity contribution in [3.63, 3.8) is 0 Å². The number of rotatable bonds is 2. The number of hydrogen-bond acceptors (Lipinski definition) is 2. The van der Waals surface area contributed by atoms with E-state index in [-0.39, 0.29) is 11.1 Å². The summed E-state index contributed by atoms with van der Waals surface area (Å²) in [7, 11) is 0. The van der Waals surface area contributed by atoms with Gasteiger partial charge in [-0.3, -0.25) is 4.79 Å². The van der Waals surface area contributed by atoms with Crippen molar-refractivity contribution >= 4 is 0 Å². The van der Waals surface area contributed by atoms with Gasteiger partial charge in [0.15, 0.2) is 0 Å². The molecule has 2 aromatic rings. The van der Waals surface area contributed by atoms with Gasteiger partial charge in [0.25, 0.3) is 5.56 Å². The molecule has 0 fully saturated rings. The van der Waals surface area contributed by atoms with E-state index in [2.05, 4.69) is 0 Å². The smallest absolute Gasteiger partial charge is 0.269 e. The third kappa shape index (κ3) is 2.58. The van der Waals surface area contributed by atoms with Gasteiger partial charge in [-0.05, 0) is 37.5 Å². The molecule has 0 spiro atoms. The fraction of sp³-hybridized carbons (Fsp3) is 0.250. The minimum absolute atomic E-state index is 0.216. The van der Waals surface area contributed by atoms with Gasteiger partial charge in [-0.1, -0.05) is 29.8 Å². The summed E-state index contributed by atoms with van der Waals surface area (Å²) in [6.45, 7) is 6.25. The lowest BCUT2D eigenvalue weighted by Gasteiger charge is -2.10. The van der Waals surface area contributed by atoms with Crippen molar-refractivity contribution in [2.45, 2.75) is 27.3 Å². The van der Waals surface area contributed by atoms with Crippen molar-refractivity contribution in [3.8, 4) is 6.07 Å². The second-order valence-corrected chi connectivity index (χ2v) is 4.85. The van der Waals surface area contributed by atoms with Gasteiger partial charge >= 0.3 is 0 Å². The monoisotopic (exact) mass is 252 g/mol. The highest BCUT2D eigenvalue weighted by Gasteiger charge is 2.10. The zero-order valence-corrected chi connectivity index (χ0v) is 11.4. The first-order valence-electron chi connectivity index (χ1n) is 6.19. The van der Waals surface area contributed by atoms with Crippen LogP contribution in [0.1, 0.15) is 27.8 Å². The van der Waals surface area contributed by atoms with E-state index in [1.54, 1.807) is 4.57 Å². The maximum absolute atomic E-state index is 12.2. The number of benzene rings is 1. The van der Waals surface area contributed by atoms with Gasteiger partial charge in [0.1, 0.15) is 11.6 Å². The highest BCUT2D eigenvalue weighted by atomic mass is 16.1. The quantitative estimate of drug-likeness (QED) is 0.825. The van der Waals surface area contributed by atoms with Crippen LogP contribution in [0.3, 0.4) is 0 Å². The molecule has 1 aromatic heterocycles. The Balaban J connectivity index is 2.50. The van der Waals surface area contributed by atoms with Crippen LogP contribution in [0.4, 0.5) is 0 Å². The molecule has 1 heterocycles. The van der Waals surface area contributed by atoms with Crippen molar-refractivity contribution in [2.75, 3.05) is 0 Å². The number of aromatic nitrogens is 1. The van der Waals surface area contributed by atoms with E-state index in [4.69, 9.17) is 5.26 Å². The molecule has 0 unspecified atom stereocenters. The third-order valence-corrected chi connectivity index (χ3v) is 3.34. The molecule has 3 nitrogen and oxygen atoms in total. The van der Waals surface area contributed by atoms with Crippen LogP contribution in [0.15, 0.2) is 35.3 Å². The highest BCUT2D eigenvalue weighted by Crippen LogP contribution is 2.10. The van der Waals surface area contributed by atoms with Crippen molar-refractivity contribution < 1.29 is 0 Å². The highest BCUT2D eigenvalue weighted by molar-refractivity contribution is 5.39. The maximum Gasteiger partial charge on any atom is 0.269 e. The average Bonchev–Trinajstić information content (AvgIpc) is 2.37. The van der Waals surface area contributed by atoms with Gasteiger partial charge in [-0.25, -0.2) is 0 Å². The molecule has 1 aromatic carbocycles. The van der Waals surface area contributed by atoms with Gasteiger partial charge < -0.3 is 4.57 Å². The van der Waals surface area contributed by atoms with E-state index in [0.717, 1.165) is 22.3 Å². The summed E-state index contributed by atoms with van der Waals surface area (Å²) >= 11 is 0. The van der Waals surface area contributed by atoms with E-state index in [0.29, 0.717) is 6.54 Å². The summed E-state index contributed by atoms with van der Waals surface area (Å²) in [5.41, 5.74) is 3.99. The summed E-state index contributed by atoms with van der Waals surface area (Å²) in [4.78, 5) is 12.2. The molecule has 0 amide bonds. The van der Waals surface area contributed by atoms with Crippen LogP contribution in [0, 0.1) is 32.1 Å². The molecule has 0 aliphatic carbocycles. The molecule has 19 heavy (non-hydrogen) atoms. The number of aryl methyl sites for hydroxylation is 2. The van der Waals surface area contributed by atoms with Gasteiger partial charge in [0.05, 0.1) is 6.54 Å². The summed E-state index contributed by atoms with van der Waals surface area (Å²) < 4.78 is 1.61. The van der Waals surface area contributed by atoms with E-state index >= 15 is 0 Å². The lowest BCUT2D eigenvalue weighted by Crippen LogP contribution is -2.24. The summed E-state index contributed by atoms with van der Waals surface area (Å²) in [6, 6.07) is 10.0. The molecule has 0 bridgehead atoms. The van der Waals surface area contributed by atoms with Crippen LogP contribution in [0.2, 0.25) is 0 Å². The Hall–Kier alpha value is -2.34. The Bertz CT molecular complexity index is 721. The van der Waals surface area contributed by atoms with E-state index < -0.39 is 0 Å². The molecule has 0 aliphatic rings. The fourth-order valence-electron chi connectivity index (χ4n) is 2.15. The molecule has 0 saturated carbocycles. The van der Waals surface area contributed by atoms with Crippen LogP contribution in [-0.2, 0) is 6.54 Å². The van der Waals surface area contributed by atoms with Crippen LogP contribution in [0.5, 0.6) is 0 Å². The molecule has 96 valence electrons. The Morgan fingerprint density at radius 3 is 2.63 bits per heavy atom.